The number of rotatable bonds is 20. The molecule has 5 atom stereocenters. The minimum Gasteiger partial charge on any atom is -0.480 e. The number of likely N-dealkylation sites (tertiary alicyclic amines) is 1. The fourth-order valence-electron chi connectivity index (χ4n) is 7.00. The summed E-state index contributed by atoms with van der Waals surface area (Å²) in [6, 6.07) is 5.63. The van der Waals surface area contributed by atoms with E-state index >= 15 is 0 Å². The molecule has 1 fully saturated rings. The average molecular weight is 836 g/mol. The fourth-order valence-corrected chi connectivity index (χ4v) is 7.00. The number of hydrogen-bond acceptors (Lipinski definition) is 13. The maximum absolute atomic E-state index is 13.4. The first kappa shape index (κ1) is 45.7. The highest BCUT2D eigenvalue weighted by Gasteiger charge is 2.39. The lowest BCUT2D eigenvalue weighted by atomic mass is 9.78. The standard InChI is InChI=1S/C38H50B2N6O14/c1-3-22(37(53)46-12-4-5-30(46)36(52)45-32(21(2)47)38(54)55)17-42-31(48)10-13-58-14-11-41-35(51)29(44-34(50)24-7-9-26-20-60-40(57)28(26)16-24)18-43-33(49)23-6-8-25-19-59-39(56)27(25)15-23/h6-9,15-16,21-22,29-30,32,47,56-57H,3-5,10-14,17-20H2,1-2H3,(H,41,51)(H,42,48)(H,43,49)(H,44,50)(H,45,52)(H,54,55)/t21-,22+,29-,30+,32+/m1/s1. The van der Waals surface area contributed by atoms with Gasteiger partial charge in [-0.1, -0.05) is 19.1 Å². The third-order valence-electron chi connectivity index (χ3n) is 10.5. The molecule has 20 nitrogen and oxygen atoms in total. The summed E-state index contributed by atoms with van der Waals surface area (Å²) >= 11 is 0. The summed E-state index contributed by atoms with van der Waals surface area (Å²) < 4.78 is 15.9. The van der Waals surface area contributed by atoms with Crippen molar-refractivity contribution >= 4 is 66.6 Å². The van der Waals surface area contributed by atoms with Gasteiger partial charge in [0.2, 0.25) is 23.6 Å². The van der Waals surface area contributed by atoms with Crippen molar-refractivity contribution in [3.63, 3.8) is 0 Å². The Morgan fingerprint density at radius 3 is 2.10 bits per heavy atom. The molecule has 2 aromatic rings. The summed E-state index contributed by atoms with van der Waals surface area (Å²) in [6.07, 6.45) is -0.207. The van der Waals surface area contributed by atoms with Gasteiger partial charge in [0.25, 0.3) is 11.8 Å². The van der Waals surface area contributed by atoms with E-state index in [1.54, 1.807) is 25.1 Å². The molecule has 6 amide bonds. The van der Waals surface area contributed by atoms with Crippen LogP contribution in [0.15, 0.2) is 36.4 Å². The summed E-state index contributed by atoms with van der Waals surface area (Å²) in [5.41, 5.74) is 2.69. The molecule has 22 heteroatoms. The van der Waals surface area contributed by atoms with Crippen molar-refractivity contribution in [3.05, 3.63) is 58.7 Å². The molecule has 3 aliphatic heterocycles. The molecule has 1 saturated heterocycles. The smallest absolute Gasteiger partial charge is 0.480 e. The van der Waals surface area contributed by atoms with Gasteiger partial charge in [-0.2, -0.15) is 0 Å². The molecule has 3 aliphatic rings. The monoisotopic (exact) mass is 836 g/mol. The summed E-state index contributed by atoms with van der Waals surface area (Å²) in [5.74, 6) is -5.36. The van der Waals surface area contributed by atoms with Gasteiger partial charge in [0, 0.05) is 43.7 Å². The molecule has 0 aliphatic carbocycles. The largest absolute Gasteiger partial charge is 0.491 e. The van der Waals surface area contributed by atoms with E-state index in [0.29, 0.717) is 35.8 Å². The molecule has 2 aromatic carbocycles. The predicted octanol–water partition coefficient (Wildman–Crippen LogP) is -3.74. The number of hydrogen-bond donors (Lipinski definition) is 9. The van der Waals surface area contributed by atoms with E-state index < -0.39 is 79.9 Å². The first-order valence-corrected chi connectivity index (χ1v) is 19.8. The van der Waals surface area contributed by atoms with Gasteiger partial charge in [0.05, 0.1) is 38.4 Å². The highest BCUT2D eigenvalue weighted by atomic mass is 16.5. The Morgan fingerprint density at radius 2 is 1.50 bits per heavy atom. The molecule has 0 radical (unpaired) electrons. The number of carboxylic acids is 1. The average Bonchev–Trinajstić information content (AvgIpc) is 3.97. The van der Waals surface area contributed by atoms with E-state index in [1.165, 1.54) is 30.0 Å². The zero-order chi connectivity index (χ0) is 43.5. The topological polar surface area (TPSA) is 291 Å². The molecule has 5 rings (SSSR count). The Balaban J connectivity index is 1.07. The number of fused-ring (bicyclic) bond motifs is 2. The van der Waals surface area contributed by atoms with Crippen LogP contribution in [0.1, 0.15) is 71.4 Å². The van der Waals surface area contributed by atoms with Gasteiger partial charge in [-0.3, -0.25) is 28.8 Å². The van der Waals surface area contributed by atoms with Crippen LogP contribution >= 0.6 is 0 Å². The van der Waals surface area contributed by atoms with E-state index in [0.717, 1.165) is 5.56 Å². The van der Waals surface area contributed by atoms with Crippen LogP contribution in [0.5, 0.6) is 0 Å². The second kappa shape index (κ2) is 21.2. The first-order valence-electron chi connectivity index (χ1n) is 19.8. The lowest BCUT2D eigenvalue weighted by molar-refractivity contribution is -0.147. The van der Waals surface area contributed by atoms with E-state index in [4.69, 9.17) is 14.0 Å². The van der Waals surface area contributed by atoms with Crippen molar-refractivity contribution in [2.75, 3.05) is 39.4 Å². The molecule has 322 valence electrons. The van der Waals surface area contributed by atoms with Crippen LogP contribution in [-0.2, 0) is 51.2 Å². The van der Waals surface area contributed by atoms with Crippen molar-refractivity contribution in [1.29, 1.82) is 0 Å². The molecule has 9 N–H and O–H groups in total. The first-order chi connectivity index (χ1) is 28.7. The number of aliphatic hydroxyl groups is 1. The Hall–Kier alpha value is -5.38. The normalized spacial score (nSPS) is 17.5. The summed E-state index contributed by atoms with van der Waals surface area (Å²) in [6.45, 7) is 3.29. The minimum atomic E-state index is -1.53. The zero-order valence-electron chi connectivity index (χ0n) is 33.3. The fraction of sp³-hybridized carbons (Fsp3) is 0.500. The van der Waals surface area contributed by atoms with Crippen LogP contribution in [0.3, 0.4) is 0 Å². The Labute approximate surface area is 346 Å². The molecular formula is C38H50B2N6O14. The van der Waals surface area contributed by atoms with E-state index in [2.05, 4.69) is 26.6 Å². The maximum atomic E-state index is 13.4. The van der Waals surface area contributed by atoms with Gasteiger partial charge in [0.1, 0.15) is 12.1 Å². The van der Waals surface area contributed by atoms with Gasteiger partial charge < -0.3 is 65.8 Å². The Morgan fingerprint density at radius 1 is 0.867 bits per heavy atom. The summed E-state index contributed by atoms with van der Waals surface area (Å²) in [5, 5.41) is 52.1. The molecule has 0 bridgehead atoms. The van der Waals surface area contributed by atoms with Gasteiger partial charge in [-0.05, 0) is 72.5 Å². The third-order valence-corrected chi connectivity index (χ3v) is 10.5. The number of aliphatic carboxylic acids is 1. The van der Waals surface area contributed by atoms with Gasteiger partial charge in [-0.15, -0.1) is 0 Å². The third kappa shape index (κ3) is 11.7. The van der Waals surface area contributed by atoms with Crippen LogP contribution in [0, 0.1) is 5.92 Å². The second-order valence-corrected chi connectivity index (χ2v) is 14.7. The number of carbonyl (C=O) groups is 7. The highest BCUT2D eigenvalue weighted by Crippen LogP contribution is 2.22. The summed E-state index contributed by atoms with van der Waals surface area (Å²) in [7, 11) is -2.36. The second-order valence-electron chi connectivity index (χ2n) is 14.7. The quantitative estimate of drug-likeness (QED) is 0.0458. The Bertz CT molecular complexity index is 1940. The van der Waals surface area contributed by atoms with Crippen LogP contribution in [-0.4, -0.2) is 144 Å². The summed E-state index contributed by atoms with van der Waals surface area (Å²) in [4.78, 5) is 91.3. The molecule has 0 aromatic heterocycles. The van der Waals surface area contributed by atoms with Crippen LogP contribution in [0.4, 0.5) is 0 Å². The highest BCUT2D eigenvalue weighted by molar-refractivity contribution is 6.62. The number of amides is 6. The van der Waals surface area contributed by atoms with E-state index in [9.17, 15) is 53.8 Å². The molecule has 0 unspecified atom stereocenters. The number of carboxylic acid groups (broad SMARTS) is 1. The van der Waals surface area contributed by atoms with Crippen LogP contribution < -0.4 is 37.5 Å². The van der Waals surface area contributed by atoms with Gasteiger partial charge in [-0.25, -0.2) is 4.79 Å². The van der Waals surface area contributed by atoms with E-state index in [-0.39, 0.29) is 76.1 Å². The number of carbonyl (C=O) groups excluding carboxylic acids is 6. The number of nitrogens with one attached hydrogen (secondary N) is 5. The van der Waals surface area contributed by atoms with Crippen molar-refractivity contribution in [3.8, 4) is 0 Å². The maximum Gasteiger partial charge on any atom is 0.491 e. The molecular weight excluding hydrogens is 786 g/mol. The molecule has 0 saturated carbocycles. The predicted molar refractivity (Wildman–Crippen MR) is 212 cm³/mol. The number of ether oxygens (including phenoxy) is 1. The van der Waals surface area contributed by atoms with Crippen LogP contribution in [0.2, 0.25) is 0 Å². The number of benzene rings is 2. The van der Waals surface area contributed by atoms with Gasteiger partial charge >= 0.3 is 20.2 Å². The molecule has 60 heavy (non-hydrogen) atoms. The van der Waals surface area contributed by atoms with Crippen molar-refractivity contribution in [2.45, 2.75) is 77.0 Å². The number of nitrogens with zero attached hydrogens (tertiary/aromatic N) is 1. The van der Waals surface area contributed by atoms with Crippen LogP contribution in [0.25, 0.3) is 0 Å². The molecule has 0 spiro atoms. The minimum absolute atomic E-state index is 0.00715. The lowest BCUT2D eigenvalue weighted by Crippen LogP contribution is -2.55. The SMILES string of the molecule is CC[C@@H](CNC(=O)CCOCCNC(=O)[C@@H](CNC(=O)c1ccc2c(c1)B(O)OC2)NC(=O)c1ccc2c(c1)B(O)OC2)C(=O)N1CCC[C@H]1C(=O)N[C@H](C(=O)O)[C@@H](C)O. The van der Waals surface area contributed by atoms with Crippen molar-refractivity contribution < 1.29 is 67.9 Å². The van der Waals surface area contributed by atoms with Crippen molar-refractivity contribution in [2.24, 2.45) is 5.92 Å². The number of aliphatic hydroxyl groups excluding tert-OH is 1. The van der Waals surface area contributed by atoms with E-state index in [1.807, 2.05) is 0 Å². The lowest BCUT2D eigenvalue weighted by Gasteiger charge is -2.29. The van der Waals surface area contributed by atoms with Crippen molar-refractivity contribution in [1.82, 2.24) is 31.5 Å². The van der Waals surface area contributed by atoms with Gasteiger partial charge in [0.15, 0.2) is 6.04 Å². The molecule has 3 heterocycles. The zero-order valence-corrected chi connectivity index (χ0v) is 33.3. The Kier molecular flexibility index (Phi) is 16.2.